The highest BCUT2D eigenvalue weighted by Gasteiger charge is 2.20. The molecule has 2 N–H and O–H groups in total. The van der Waals surface area contributed by atoms with Crippen molar-refractivity contribution < 1.29 is 4.74 Å². The fourth-order valence-electron chi connectivity index (χ4n) is 3.63. The van der Waals surface area contributed by atoms with E-state index in [1.54, 1.807) is 7.11 Å². The van der Waals surface area contributed by atoms with Crippen LogP contribution in [0.5, 0.6) is 5.75 Å². The van der Waals surface area contributed by atoms with Gasteiger partial charge in [-0.25, -0.2) is 0 Å². The maximum Gasteiger partial charge on any atom is 0.191 e. The smallest absolute Gasteiger partial charge is 0.191 e. The van der Waals surface area contributed by atoms with Gasteiger partial charge >= 0.3 is 0 Å². The van der Waals surface area contributed by atoms with E-state index in [9.17, 15) is 0 Å². The van der Waals surface area contributed by atoms with Crippen LogP contribution in [0.25, 0.3) is 0 Å². The lowest BCUT2D eigenvalue weighted by Gasteiger charge is -2.33. The van der Waals surface area contributed by atoms with Gasteiger partial charge in [0.2, 0.25) is 0 Å². The molecule has 2 aromatic carbocycles. The van der Waals surface area contributed by atoms with Crippen molar-refractivity contribution in [2.75, 3.05) is 27.2 Å². The minimum Gasteiger partial charge on any atom is -0.496 e. The first-order valence-corrected chi connectivity index (χ1v) is 10.0. The molecule has 6 heteroatoms. The molecule has 0 bridgehead atoms. The van der Waals surface area contributed by atoms with Crippen molar-refractivity contribution in [2.45, 2.75) is 38.9 Å². The number of ether oxygens (including phenoxy) is 1. The van der Waals surface area contributed by atoms with Gasteiger partial charge in [0.05, 0.1) is 7.11 Å². The molecule has 0 atom stereocenters. The monoisotopic (exact) mass is 508 g/mol. The molecule has 1 aliphatic rings. The number of rotatable bonds is 6. The van der Waals surface area contributed by atoms with Gasteiger partial charge in [0.15, 0.2) is 5.96 Å². The summed E-state index contributed by atoms with van der Waals surface area (Å²) >= 11 is 0. The van der Waals surface area contributed by atoms with Crippen molar-refractivity contribution in [3.63, 3.8) is 0 Å². The number of benzene rings is 2. The van der Waals surface area contributed by atoms with E-state index in [-0.39, 0.29) is 24.0 Å². The Bertz CT molecular complexity index is 774. The van der Waals surface area contributed by atoms with Gasteiger partial charge in [-0.15, -0.1) is 24.0 Å². The molecule has 0 aliphatic carbocycles. The lowest BCUT2D eigenvalue weighted by Crippen LogP contribution is -2.48. The average molecular weight is 508 g/mol. The van der Waals surface area contributed by atoms with E-state index >= 15 is 0 Å². The normalized spacial score (nSPS) is 15.5. The number of hydrogen-bond acceptors (Lipinski definition) is 3. The van der Waals surface area contributed by atoms with Crippen LogP contribution in [0.2, 0.25) is 0 Å². The molecule has 5 nitrogen and oxygen atoms in total. The Kier molecular flexibility index (Phi) is 9.73. The van der Waals surface area contributed by atoms with Gasteiger partial charge in [0.25, 0.3) is 0 Å². The summed E-state index contributed by atoms with van der Waals surface area (Å²) < 4.78 is 5.41. The van der Waals surface area contributed by atoms with Crippen LogP contribution in [-0.2, 0) is 13.1 Å². The Morgan fingerprint density at radius 2 is 1.83 bits per heavy atom. The van der Waals surface area contributed by atoms with E-state index in [1.165, 1.54) is 11.1 Å². The van der Waals surface area contributed by atoms with Crippen molar-refractivity contribution >= 4 is 29.9 Å². The van der Waals surface area contributed by atoms with Crippen LogP contribution in [0.4, 0.5) is 0 Å². The van der Waals surface area contributed by atoms with E-state index in [0.29, 0.717) is 6.04 Å². The van der Waals surface area contributed by atoms with E-state index in [1.807, 2.05) is 7.05 Å². The van der Waals surface area contributed by atoms with Gasteiger partial charge in [-0.2, -0.15) is 0 Å². The molecule has 1 aliphatic heterocycles. The predicted octanol–water partition coefficient (Wildman–Crippen LogP) is 3.95. The average Bonchev–Trinajstić information content (AvgIpc) is 2.74. The number of aryl methyl sites for hydroxylation is 1. The third-order valence-corrected chi connectivity index (χ3v) is 5.33. The first kappa shape index (κ1) is 23.5. The number of aliphatic imine (C=N–C) groups is 1. The van der Waals surface area contributed by atoms with Crippen molar-refractivity contribution in [2.24, 2.45) is 4.99 Å². The molecule has 3 rings (SSSR count). The number of nitrogens with zero attached hydrogens (tertiary/aromatic N) is 2. The molecule has 0 unspecified atom stereocenters. The first-order valence-electron chi connectivity index (χ1n) is 10.0. The standard InChI is InChI=1S/C23H32N4O.HI/c1-18-9-10-20(15-22(18)28-3)16-25-23(24-2)26-21-11-13-27(14-12-21)17-19-7-5-4-6-8-19;/h4-10,15,21H,11-14,16-17H2,1-3H3,(H2,24,25,26);1H. The van der Waals surface area contributed by atoms with Crippen LogP contribution in [0.3, 0.4) is 0 Å². The van der Waals surface area contributed by atoms with Gasteiger partial charge < -0.3 is 15.4 Å². The van der Waals surface area contributed by atoms with Crippen LogP contribution >= 0.6 is 24.0 Å². The molecule has 0 aromatic heterocycles. The number of likely N-dealkylation sites (tertiary alicyclic amines) is 1. The van der Waals surface area contributed by atoms with Crippen molar-refractivity contribution in [3.8, 4) is 5.75 Å². The zero-order valence-corrected chi connectivity index (χ0v) is 20.0. The van der Waals surface area contributed by atoms with Crippen LogP contribution in [0, 0.1) is 6.92 Å². The maximum atomic E-state index is 5.41. The number of methoxy groups -OCH3 is 1. The zero-order chi connectivity index (χ0) is 19.8. The molecular formula is C23H33IN4O. The van der Waals surface area contributed by atoms with Gasteiger partial charge in [0.1, 0.15) is 5.75 Å². The predicted molar refractivity (Wildman–Crippen MR) is 131 cm³/mol. The van der Waals surface area contributed by atoms with E-state index in [0.717, 1.165) is 56.3 Å². The summed E-state index contributed by atoms with van der Waals surface area (Å²) in [5.41, 5.74) is 3.72. The molecular weight excluding hydrogens is 475 g/mol. The number of nitrogens with one attached hydrogen (secondary N) is 2. The summed E-state index contributed by atoms with van der Waals surface area (Å²) in [6.07, 6.45) is 2.26. The molecule has 1 heterocycles. The second-order valence-electron chi connectivity index (χ2n) is 7.41. The number of guanidine groups is 1. The Hall–Kier alpha value is -1.80. The van der Waals surface area contributed by atoms with Crippen LogP contribution in [-0.4, -0.2) is 44.1 Å². The van der Waals surface area contributed by atoms with Crippen LogP contribution in [0.15, 0.2) is 53.5 Å². The van der Waals surface area contributed by atoms with E-state index in [4.69, 9.17) is 4.74 Å². The van der Waals surface area contributed by atoms with Crippen molar-refractivity contribution in [1.29, 1.82) is 0 Å². The van der Waals surface area contributed by atoms with Gasteiger partial charge in [-0.1, -0.05) is 42.5 Å². The van der Waals surface area contributed by atoms with Gasteiger partial charge in [-0.3, -0.25) is 9.89 Å². The summed E-state index contributed by atoms with van der Waals surface area (Å²) in [6.45, 7) is 6.04. The fraction of sp³-hybridized carbons (Fsp3) is 0.435. The fourth-order valence-corrected chi connectivity index (χ4v) is 3.63. The number of piperidine rings is 1. The van der Waals surface area contributed by atoms with E-state index in [2.05, 4.69) is 76.0 Å². The summed E-state index contributed by atoms with van der Waals surface area (Å²) in [4.78, 5) is 6.92. The minimum absolute atomic E-state index is 0. The Balaban J connectivity index is 0.00000300. The largest absolute Gasteiger partial charge is 0.496 e. The van der Waals surface area contributed by atoms with E-state index < -0.39 is 0 Å². The lowest BCUT2D eigenvalue weighted by molar-refractivity contribution is 0.198. The topological polar surface area (TPSA) is 48.9 Å². The highest BCUT2D eigenvalue weighted by Crippen LogP contribution is 2.19. The zero-order valence-electron chi connectivity index (χ0n) is 17.6. The molecule has 0 radical (unpaired) electrons. The first-order chi connectivity index (χ1) is 13.7. The second-order valence-corrected chi connectivity index (χ2v) is 7.41. The Morgan fingerprint density at radius 1 is 1.10 bits per heavy atom. The highest BCUT2D eigenvalue weighted by atomic mass is 127. The summed E-state index contributed by atoms with van der Waals surface area (Å²) in [6, 6.07) is 17.5. The number of halogens is 1. The van der Waals surface area contributed by atoms with Crippen molar-refractivity contribution in [3.05, 3.63) is 65.2 Å². The van der Waals surface area contributed by atoms with Crippen molar-refractivity contribution in [1.82, 2.24) is 15.5 Å². The minimum atomic E-state index is 0. The Morgan fingerprint density at radius 3 is 2.48 bits per heavy atom. The third kappa shape index (κ3) is 7.19. The van der Waals surface area contributed by atoms with Crippen LogP contribution < -0.4 is 15.4 Å². The van der Waals surface area contributed by atoms with Gasteiger partial charge in [0, 0.05) is 39.3 Å². The molecule has 0 amide bonds. The number of hydrogen-bond donors (Lipinski definition) is 2. The Labute approximate surface area is 192 Å². The summed E-state index contributed by atoms with van der Waals surface area (Å²) in [7, 11) is 3.54. The third-order valence-electron chi connectivity index (χ3n) is 5.33. The quantitative estimate of drug-likeness (QED) is 0.353. The molecule has 1 saturated heterocycles. The molecule has 0 spiro atoms. The molecule has 158 valence electrons. The summed E-state index contributed by atoms with van der Waals surface area (Å²) in [5.74, 6) is 1.79. The molecule has 2 aromatic rings. The molecule has 29 heavy (non-hydrogen) atoms. The highest BCUT2D eigenvalue weighted by molar-refractivity contribution is 14.0. The maximum absolute atomic E-state index is 5.41. The molecule has 0 saturated carbocycles. The summed E-state index contributed by atoms with van der Waals surface area (Å²) in [5, 5.41) is 7.01. The SMILES string of the molecule is CN=C(NCc1ccc(C)c(OC)c1)NC1CCN(Cc2ccccc2)CC1.I. The van der Waals surface area contributed by atoms with Crippen LogP contribution in [0.1, 0.15) is 29.5 Å². The second kappa shape index (κ2) is 12.0. The molecule has 1 fully saturated rings. The lowest BCUT2D eigenvalue weighted by atomic mass is 10.0. The van der Waals surface area contributed by atoms with Gasteiger partial charge in [-0.05, 0) is 42.5 Å².